The molecule has 6 nitrogen and oxygen atoms in total. The van der Waals surface area contributed by atoms with E-state index < -0.39 is 17.8 Å². The standard InChI is InChI=1S/C25H28N2O4S/c1-15-12-16(2)14-19(13-15)27-23(28)17(3)32-20-10-8-18(9-11-20)26-24(29)21-6-4-5-7-22(21)25(30)31/h4-5,8-14,17,21-22H,6-7H2,1-3H3,(H,26,29)(H,27,28)(H,30,31). The molecule has 0 aromatic heterocycles. The zero-order chi connectivity index (χ0) is 23.3. The number of carbonyl (C=O) groups is 3. The largest absolute Gasteiger partial charge is 0.481 e. The van der Waals surface area contributed by atoms with Crippen molar-refractivity contribution in [2.75, 3.05) is 10.6 Å². The fourth-order valence-corrected chi connectivity index (χ4v) is 4.64. The first-order valence-electron chi connectivity index (χ1n) is 10.6. The lowest BCUT2D eigenvalue weighted by Crippen LogP contribution is -2.34. The summed E-state index contributed by atoms with van der Waals surface area (Å²) in [5.41, 5.74) is 3.58. The van der Waals surface area contributed by atoms with Gasteiger partial charge in [-0.3, -0.25) is 14.4 Å². The lowest BCUT2D eigenvalue weighted by molar-refractivity contribution is -0.146. The number of amides is 2. The zero-order valence-electron chi connectivity index (χ0n) is 18.4. The van der Waals surface area contributed by atoms with Gasteiger partial charge in [0.25, 0.3) is 0 Å². The fourth-order valence-electron chi connectivity index (χ4n) is 3.78. The topological polar surface area (TPSA) is 95.5 Å². The molecule has 7 heteroatoms. The summed E-state index contributed by atoms with van der Waals surface area (Å²) in [5.74, 6) is -2.60. The third-order valence-corrected chi connectivity index (χ3v) is 6.49. The van der Waals surface area contributed by atoms with Crippen molar-refractivity contribution in [3.63, 3.8) is 0 Å². The fraction of sp³-hybridized carbons (Fsp3) is 0.320. The Morgan fingerprint density at radius 3 is 2.09 bits per heavy atom. The number of anilines is 2. The molecule has 0 radical (unpaired) electrons. The number of aliphatic carboxylic acids is 1. The van der Waals surface area contributed by atoms with Crippen LogP contribution in [0.3, 0.4) is 0 Å². The minimum atomic E-state index is -0.950. The van der Waals surface area contributed by atoms with Crippen LogP contribution in [0.2, 0.25) is 0 Å². The minimum absolute atomic E-state index is 0.0811. The van der Waals surface area contributed by atoms with Gasteiger partial charge in [0.1, 0.15) is 0 Å². The van der Waals surface area contributed by atoms with Gasteiger partial charge in [-0.2, -0.15) is 0 Å². The smallest absolute Gasteiger partial charge is 0.307 e. The molecule has 0 aliphatic heterocycles. The molecule has 0 saturated heterocycles. The van der Waals surface area contributed by atoms with Crippen LogP contribution in [0.15, 0.2) is 59.5 Å². The first-order chi connectivity index (χ1) is 15.2. The highest BCUT2D eigenvalue weighted by Gasteiger charge is 2.33. The average molecular weight is 453 g/mol. The second kappa shape index (κ2) is 10.5. The molecule has 3 atom stereocenters. The molecular formula is C25H28N2O4S. The molecule has 3 N–H and O–H groups in total. The van der Waals surface area contributed by atoms with E-state index in [1.807, 2.05) is 57.2 Å². The van der Waals surface area contributed by atoms with Gasteiger partial charge < -0.3 is 15.7 Å². The normalized spacial score (nSPS) is 18.6. The second-order valence-electron chi connectivity index (χ2n) is 8.13. The van der Waals surface area contributed by atoms with Crippen molar-refractivity contribution in [3.05, 3.63) is 65.7 Å². The minimum Gasteiger partial charge on any atom is -0.481 e. The molecule has 0 spiro atoms. The van der Waals surface area contributed by atoms with E-state index in [-0.39, 0.29) is 17.1 Å². The number of aryl methyl sites for hydroxylation is 2. The number of allylic oxidation sites excluding steroid dienone is 2. The number of thioether (sulfide) groups is 1. The first-order valence-corrected chi connectivity index (χ1v) is 11.5. The van der Waals surface area contributed by atoms with Gasteiger partial charge in [-0.1, -0.05) is 18.2 Å². The summed E-state index contributed by atoms with van der Waals surface area (Å²) in [6, 6.07) is 13.2. The van der Waals surface area contributed by atoms with E-state index in [0.29, 0.717) is 18.5 Å². The highest BCUT2D eigenvalue weighted by atomic mass is 32.2. The van der Waals surface area contributed by atoms with E-state index in [9.17, 15) is 19.5 Å². The average Bonchev–Trinajstić information content (AvgIpc) is 2.74. The van der Waals surface area contributed by atoms with Crippen molar-refractivity contribution < 1.29 is 19.5 Å². The Morgan fingerprint density at radius 2 is 1.50 bits per heavy atom. The van der Waals surface area contributed by atoms with Crippen LogP contribution in [-0.2, 0) is 14.4 Å². The van der Waals surface area contributed by atoms with Gasteiger partial charge in [0.05, 0.1) is 17.1 Å². The van der Waals surface area contributed by atoms with Crippen LogP contribution in [0.4, 0.5) is 11.4 Å². The number of hydrogen-bond acceptors (Lipinski definition) is 4. The van der Waals surface area contributed by atoms with Gasteiger partial charge in [-0.15, -0.1) is 11.8 Å². The maximum atomic E-state index is 12.6. The quantitative estimate of drug-likeness (QED) is 0.405. The summed E-state index contributed by atoms with van der Waals surface area (Å²) in [6.45, 7) is 5.84. The summed E-state index contributed by atoms with van der Waals surface area (Å²) in [5, 5.41) is 14.8. The summed E-state index contributed by atoms with van der Waals surface area (Å²) < 4.78 is 0. The van der Waals surface area contributed by atoms with Gasteiger partial charge in [0.2, 0.25) is 11.8 Å². The van der Waals surface area contributed by atoms with Gasteiger partial charge in [-0.05, 0) is 81.1 Å². The van der Waals surface area contributed by atoms with Crippen LogP contribution in [0.5, 0.6) is 0 Å². The molecule has 0 saturated carbocycles. The van der Waals surface area contributed by atoms with Crippen molar-refractivity contribution in [1.29, 1.82) is 0 Å². The maximum Gasteiger partial charge on any atom is 0.307 e. The predicted octanol–water partition coefficient (Wildman–Crippen LogP) is 5.03. The Morgan fingerprint density at radius 1 is 0.906 bits per heavy atom. The summed E-state index contributed by atoms with van der Waals surface area (Å²) in [7, 11) is 0. The Bertz CT molecular complexity index is 1010. The molecule has 0 fully saturated rings. The van der Waals surface area contributed by atoms with Crippen molar-refractivity contribution >= 4 is 40.9 Å². The summed E-state index contributed by atoms with van der Waals surface area (Å²) in [4.78, 5) is 37.5. The van der Waals surface area contributed by atoms with E-state index in [1.54, 1.807) is 12.1 Å². The number of hydrogen-bond donors (Lipinski definition) is 3. The van der Waals surface area contributed by atoms with Crippen LogP contribution in [-0.4, -0.2) is 28.1 Å². The van der Waals surface area contributed by atoms with Crippen LogP contribution < -0.4 is 10.6 Å². The Hall–Kier alpha value is -3.06. The van der Waals surface area contributed by atoms with Gasteiger partial charge in [0.15, 0.2) is 0 Å². The van der Waals surface area contributed by atoms with Crippen LogP contribution in [0, 0.1) is 25.7 Å². The predicted molar refractivity (Wildman–Crippen MR) is 128 cm³/mol. The Balaban J connectivity index is 1.56. The number of carbonyl (C=O) groups excluding carboxylic acids is 2. The molecule has 2 aromatic rings. The third kappa shape index (κ3) is 6.23. The van der Waals surface area contributed by atoms with Crippen molar-refractivity contribution in [1.82, 2.24) is 0 Å². The molecule has 0 bridgehead atoms. The van der Waals surface area contributed by atoms with Gasteiger partial charge in [0, 0.05) is 16.3 Å². The Kier molecular flexibility index (Phi) is 7.75. The molecule has 32 heavy (non-hydrogen) atoms. The van der Waals surface area contributed by atoms with Gasteiger partial charge >= 0.3 is 5.97 Å². The van der Waals surface area contributed by atoms with Crippen LogP contribution in [0.25, 0.3) is 0 Å². The van der Waals surface area contributed by atoms with E-state index in [2.05, 4.69) is 16.7 Å². The highest BCUT2D eigenvalue weighted by Crippen LogP contribution is 2.29. The molecule has 2 amide bonds. The van der Waals surface area contributed by atoms with E-state index in [0.717, 1.165) is 21.7 Å². The second-order valence-corrected chi connectivity index (χ2v) is 9.55. The molecule has 0 heterocycles. The van der Waals surface area contributed by atoms with E-state index in [4.69, 9.17) is 0 Å². The molecule has 3 rings (SSSR count). The van der Waals surface area contributed by atoms with Crippen LogP contribution in [0.1, 0.15) is 30.9 Å². The third-order valence-electron chi connectivity index (χ3n) is 5.38. The SMILES string of the molecule is Cc1cc(C)cc(NC(=O)C(C)Sc2ccc(NC(=O)C3CC=CCC3C(=O)O)cc2)c1. The van der Waals surface area contributed by atoms with Crippen LogP contribution >= 0.6 is 11.8 Å². The number of rotatable bonds is 7. The van der Waals surface area contributed by atoms with E-state index in [1.165, 1.54) is 11.8 Å². The number of carboxylic acids is 1. The Labute approximate surface area is 192 Å². The maximum absolute atomic E-state index is 12.6. The lowest BCUT2D eigenvalue weighted by atomic mass is 9.82. The molecule has 1 aliphatic carbocycles. The van der Waals surface area contributed by atoms with Gasteiger partial charge in [-0.25, -0.2) is 0 Å². The molecule has 3 unspecified atom stereocenters. The lowest BCUT2D eigenvalue weighted by Gasteiger charge is -2.24. The monoisotopic (exact) mass is 452 g/mol. The summed E-state index contributed by atoms with van der Waals surface area (Å²) >= 11 is 1.43. The van der Waals surface area contributed by atoms with Crippen molar-refractivity contribution in [3.8, 4) is 0 Å². The van der Waals surface area contributed by atoms with Crippen molar-refractivity contribution in [2.45, 2.75) is 43.8 Å². The van der Waals surface area contributed by atoms with Crippen molar-refractivity contribution in [2.24, 2.45) is 11.8 Å². The molecule has 168 valence electrons. The summed E-state index contributed by atoms with van der Waals surface area (Å²) in [6.07, 6.45) is 4.45. The highest BCUT2D eigenvalue weighted by molar-refractivity contribution is 8.00. The van der Waals surface area contributed by atoms with E-state index >= 15 is 0 Å². The zero-order valence-corrected chi connectivity index (χ0v) is 19.2. The number of benzene rings is 2. The molecule has 1 aliphatic rings. The first kappa shape index (κ1) is 23.6. The molecular weight excluding hydrogens is 424 g/mol. The number of nitrogens with one attached hydrogen (secondary N) is 2. The number of carboxylic acid groups (broad SMARTS) is 1. The molecule has 2 aromatic carbocycles.